The fraction of sp³-hybridized carbons (Fsp3) is 0.375. The van der Waals surface area contributed by atoms with E-state index >= 15 is 0 Å². The average molecular weight is 340 g/mol. The second-order valence-corrected chi connectivity index (χ2v) is 5.95. The molecule has 1 aliphatic carbocycles. The molecule has 122 valence electrons. The lowest BCUT2D eigenvalue weighted by Crippen LogP contribution is -2.26. The summed E-state index contributed by atoms with van der Waals surface area (Å²) in [5, 5.41) is 10.5. The lowest BCUT2D eigenvalue weighted by atomic mass is 10.0. The van der Waals surface area contributed by atoms with E-state index in [-0.39, 0.29) is 45.5 Å². The van der Waals surface area contributed by atoms with E-state index in [1.807, 2.05) is 0 Å². The molecule has 0 spiro atoms. The van der Waals surface area contributed by atoms with Gasteiger partial charge in [-0.2, -0.15) is 0 Å². The van der Waals surface area contributed by atoms with Gasteiger partial charge in [-0.25, -0.2) is 9.18 Å². The predicted molar refractivity (Wildman–Crippen MR) is 83.0 cm³/mol. The maximum absolute atomic E-state index is 13.9. The normalized spacial score (nSPS) is 14.3. The molecule has 5 nitrogen and oxygen atoms in total. The van der Waals surface area contributed by atoms with Crippen molar-refractivity contribution in [3.63, 3.8) is 0 Å². The van der Waals surface area contributed by atoms with Crippen LogP contribution in [0.1, 0.15) is 47.2 Å². The van der Waals surface area contributed by atoms with E-state index in [1.165, 1.54) is 6.92 Å². The molecule has 0 aromatic carbocycles. The Bertz CT molecular complexity index is 886. The van der Waals surface area contributed by atoms with Crippen molar-refractivity contribution in [1.29, 1.82) is 0 Å². The summed E-state index contributed by atoms with van der Waals surface area (Å²) < 4.78 is 19.7. The van der Waals surface area contributed by atoms with Gasteiger partial charge in [0.25, 0.3) is 5.56 Å². The van der Waals surface area contributed by atoms with Crippen LogP contribution in [0.15, 0.2) is 11.0 Å². The van der Waals surface area contributed by atoms with Gasteiger partial charge in [-0.3, -0.25) is 9.20 Å². The van der Waals surface area contributed by atoms with Crippen molar-refractivity contribution < 1.29 is 19.0 Å². The molecule has 23 heavy (non-hydrogen) atoms. The van der Waals surface area contributed by atoms with Crippen LogP contribution >= 0.6 is 11.6 Å². The van der Waals surface area contributed by atoms with Gasteiger partial charge >= 0.3 is 5.97 Å². The van der Waals surface area contributed by atoms with Crippen LogP contribution in [-0.2, 0) is 4.74 Å². The minimum absolute atomic E-state index is 0.0738. The van der Waals surface area contributed by atoms with Crippen molar-refractivity contribution in [2.45, 2.75) is 32.6 Å². The molecule has 3 rings (SSSR count). The minimum Gasteiger partial charge on any atom is -0.505 e. The molecule has 1 N–H and O–H groups in total. The second-order valence-electron chi connectivity index (χ2n) is 5.57. The molecule has 1 fully saturated rings. The van der Waals surface area contributed by atoms with Crippen LogP contribution in [0.5, 0.6) is 5.75 Å². The van der Waals surface area contributed by atoms with Crippen LogP contribution in [0.3, 0.4) is 0 Å². The summed E-state index contributed by atoms with van der Waals surface area (Å²) in [6.45, 7) is 3.23. The number of ether oxygens (including phenoxy) is 1. The molecule has 0 aliphatic heterocycles. The standard InChI is InChI=1S/C16H15ClFNO4/c1-3-23-16(22)11-10(8-4-5-8)14(20)13-7(2)12(17)9(18)6-19(13)15(11)21/h6,8,20H,3-5H2,1-2H3. The van der Waals surface area contributed by atoms with Crippen molar-refractivity contribution in [2.24, 2.45) is 0 Å². The maximum Gasteiger partial charge on any atom is 0.344 e. The van der Waals surface area contributed by atoms with Gasteiger partial charge in [0, 0.05) is 5.56 Å². The van der Waals surface area contributed by atoms with Crippen molar-refractivity contribution >= 4 is 23.1 Å². The Morgan fingerprint density at radius 2 is 2.17 bits per heavy atom. The van der Waals surface area contributed by atoms with E-state index in [4.69, 9.17) is 16.3 Å². The number of rotatable bonds is 3. The van der Waals surface area contributed by atoms with Gasteiger partial charge in [-0.15, -0.1) is 0 Å². The SMILES string of the molecule is CCOC(=O)c1c(C2CC2)c(O)c2c(C)c(Cl)c(F)cn2c1=O. The number of carbonyl (C=O) groups is 1. The molecule has 0 atom stereocenters. The Balaban J connectivity index is 2.46. The largest absolute Gasteiger partial charge is 0.505 e. The summed E-state index contributed by atoms with van der Waals surface area (Å²) in [5.74, 6) is -1.89. The summed E-state index contributed by atoms with van der Waals surface area (Å²) in [5.41, 5.74) is -0.295. The molecule has 2 heterocycles. The fourth-order valence-corrected chi connectivity index (χ4v) is 2.94. The summed E-state index contributed by atoms with van der Waals surface area (Å²) in [4.78, 5) is 24.9. The van der Waals surface area contributed by atoms with Gasteiger partial charge in [0.2, 0.25) is 0 Å². The number of aromatic nitrogens is 1. The molecule has 0 saturated heterocycles. The van der Waals surface area contributed by atoms with Gasteiger partial charge in [-0.1, -0.05) is 11.6 Å². The number of halogens is 2. The minimum atomic E-state index is -0.808. The Labute approximate surface area is 136 Å². The molecule has 0 radical (unpaired) electrons. The Hall–Kier alpha value is -2.08. The van der Waals surface area contributed by atoms with Gasteiger partial charge in [0.1, 0.15) is 11.3 Å². The quantitative estimate of drug-likeness (QED) is 0.872. The lowest BCUT2D eigenvalue weighted by molar-refractivity contribution is 0.0522. The highest BCUT2D eigenvalue weighted by atomic mass is 35.5. The molecule has 7 heteroatoms. The topological polar surface area (TPSA) is 68.0 Å². The number of nitrogens with zero attached hydrogens (tertiary/aromatic N) is 1. The highest BCUT2D eigenvalue weighted by Gasteiger charge is 2.35. The van der Waals surface area contributed by atoms with Crippen LogP contribution in [0, 0.1) is 12.7 Å². The average Bonchev–Trinajstić information content (AvgIpc) is 3.32. The van der Waals surface area contributed by atoms with Crippen molar-refractivity contribution in [3.05, 3.63) is 44.1 Å². The molecule has 0 bridgehead atoms. The molecule has 0 unspecified atom stereocenters. The lowest BCUT2D eigenvalue weighted by Gasteiger charge is -2.15. The second kappa shape index (κ2) is 5.53. The van der Waals surface area contributed by atoms with Gasteiger partial charge in [-0.05, 0) is 38.2 Å². The van der Waals surface area contributed by atoms with Crippen LogP contribution in [0.2, 0.25) is 5.02 Å². The number of carbonyl (C=O) groups excluding carboxylic acids is 1. The van der Waals surface area contributed by atoms with Crippen molar-refractivity contribution in [2.75, 3.05) is 6.61 Å². The summed E-state index contributed by atoms with van der Waals surface area (Å²) in [6, 6.07) is 0. The summed E-state index contributed by atoms with van der Waals surface area (Å²) >= 11 is 5.89. The monoisotopic (exact) mass is 339 g/mol. The van der Waals surface area contributed by atoms with Crippen molar-refractivity contribution in [3.8, 4) is 5.75 Å². The Morgan fingerprint density at radius 3 is 2.74 bits per heavy atom. The zero-order valence-corrected chi connectivity index (χ0v) is 13.4. The first-order valence-corrected chi connectivity index (χ1v) is 7.69. The number of aryl methyl sites for hydroxylation is 1. The highest BCUT2D eigenvalue weighted by Crippen LogP contribution is 2.47. The molecule has 2 aromatic heterocycles. The van der Waals surface area contributed by atoms with Gasteiger partial charge < -0.3 is 9.84 Å². The third-order valence-electron chi connectivity index (χ3n) is 4.02. The zero-order valence-electron chi connectivity index (χ0n) is 12.7. The first-order chi connectivity index (χ1) is 10.9. The van der Waals surface area contributed by atoms with Crippen LogP contribution < -0.4 is 5.56 Å². The first-order valence-electron chi connectivity index (χ1n) is 7.31. The van der Waals surface area contributed by atoms with E-state index < -0.39 is 17.3 Å². The van der Waals surface area contributed by atoms with Gasteiger partial charge in [0.05, 0.1) is 23.3 Å². The Morgan fingerprint density at radius 1 is 1.52 bits per heavy atom. The number of esters is 1. The number of fused-ring (bicyclic) bond motifs is 1. The van der Waals surface area contributed by atoms with E-state index in [2.05, 4.69) is 0 Å². The third kappa shape index (κ3) is 2.37. The van der Waals surface area contributed by atoms with E-state index in [1.54, 1.807) is 6.92 Å². The fourth-order valence-electron chi connectivity index (χ4n) is 2.80. The molecular formula is C16H15ClFNO4. The number of hydrogen-bond acceptors (Lipinski definition) is 4. The summed E-state index contributed by atoms with van der Waals surface area (Å²) in [6.07, 6.45) is 2.42. The number of hydrogen-bond donors (Lipinski definition) is 1. The Kier molecular flexibility index (Phi) is 3.80. The first kappa shape index (κ1) is 15.8. The maximum atomic E-state index is 13.9. The third-order valence-corrected chi connectivity index (χ3v) is 4.49. The zero-order chi connectivity index (χ0) is 16.9. The van der Waals surface area contributed by atoms with E-state index in [0.29, 0.717) is 0 Å². The van der Waals surface area contributed by atoms with Crippen LogP contribution in [0.4, 0.5) is 4.39 Å². The van der Waals surface area contributed by atoms with Crippen LogP contribution in [-0.4, -0.2) is 22.1 Å². The van der Waals surface area contributed by atoms with Gasteiger partial charge in [0.15, 0.2) is 5.82 Å². The summed E-state index contributed by atoms with van der Waals surface area (Å²) in [7, 11) is 0. The number of aromatic hydroxyl groups is 1. The smallest absolute Gasteiger partial charge is 0.344 e. The molecule has 0 amide bonds. The molecule has 1 aliphatic rings. The number of pyridine rings is 2. The van der Waals surface area contributed by atoms with Crippen LogP contribution in [0.25, 0.3) is 5.52 Å². The van der Waals surface area contributed by atoms with Crippen molar-refractivity contribution in [1.82, 2.24) is 4.40 Å². The molecule has 1 saturated carbocycles. The highest BCUT2D eigenvalue weighted by molar-refractivity contribution is 6.32. The predicted octanol–water partition coefficient (Wildman–Crippen LogP) is 3.16. The van der Waals surface area contributed by atoms with E-state index in [0.717, 1.165) is 23.4 Å². The molecule has 2 aromatic rings. The van der Waals surface area contributed by atoms with E-state index in [9.17, 15) is 19.1 Å². The molecular weight excluding hydrogens is 325 g/mol.